The quantitative estimate of drug-likeness (QED) is 0.670. The molecular weight excluding hydrogens is 238 g/mol. The molecular formula is C12H14BrN. The van der Waals surface area contributed by atoms with E-state index in [0.29, 0.717) is 0 Å². The number of nitrogens with zero attached hydrogens (tertiary/aromatic N) is 1. The Hall–Kier alpha value is -0.760. The Bertz CT molecular complexity index is 509. The first-order valence-corrected chi connectivity index (χ1v) is 5.54. The Kier molecular flexibility index (Phi) is 2.18. The van der Waals surface area contributed by atoms with Gasteiger partial charge >= 0.3 is 0 Å². The molecule has 14 heavy (non-hydrogen) atoms. The molecule has 2 aromatic rings. The number of rotatable bonds is 0. The summed E-state index contributed by atoms with van der Waals surface area (Å²) in [5, 5.41) is 1.35. The molecule has 0 fully saturated rings. The summed E-state index contributed by atoms with van der Waals surface area (Å²) in [5.41, 5.74) is 5.39. The van der Waals surface area contributed by atoms with Crippen LogP contribution in [0.2, 0.25) is 0 Å². The molecule has 0 saturated heterocycles. The molecule has 0 N–H and O–H groups in total. The maximum atomic E-state index is 3.61. The lowest BCUT2D eigenvalue weighted by molar-refractivity contribution is 0.929. The summed E-state index contributed by atoms with van der Waals surface area (Å²) >= 11 is 3.61. The minimum absolute atomic E-state index is 1.18. The van der Waals surface area contributed by atoms with Crippen LogP contribution in [0.5, 0.6) is 0 Å². The van der Waals surface area contributed by atoms with Gasteiger partial charge in [-0.2, -0.15) is 0 Å². The molecule has 1 aromatic carbocycles. The van der Waals surface area contributed by atoms with Gasteiger partial charge in [0.2, 0.25) is 0 Å². The van der Waals surface area contributed by atoms with Gasteiger partial charge in [0.05, 0.1) is 10.1 Å². The average Bonchev–Trinajstić information content (AvgIpc) is 2.38. The average molecular weight is 252 g/mol. The van der Waals surface area contributed by atoms with Gasteiger partial charge < -0.3 is 4.57 Å². The van der Waals surface area contributed by atoms with Gasteiger partial charge in [-0.1, -0.05) is 12.1 Å². The topological polar surface area (TPSA) is 4.93 Å². The molecule has 0 radical (unpaired) electrons. The first-order chi connectivity index (χ1) is 6.54. The summed E-state index contributed by atoms with van der Waals surface area (Å²) < 4.78 is 3.40. The maximum absolute atomic E-state index is 3.61. The molecule has 0 aliphatic carbocycles. The van der Waals surface area contributed by atoms with Crippen LogP contribution >= 0.6 is 15.9 Å². The van der Waals surface area contributed by atoms with Crippen molar-refractivity contribution in [3.63, 3.8) is 0 Å². The molecule has 0 unspecified atom stereocenters. The highest BCUT2D eigenvalue weighted by atomic mass is 79.9. The molecule has 1 heterocycles. The van der Waals surface area contributed by atoms with Gasteiger partial charge in [-0.3, -0.25) is 0 Å². The van der Waals surface area contributed by atoms with E-state index >= 15 is 0 Å². The van der Waals surface area contributed by atoms with Gasteiger partial charge in [0, 0.05) is 12.4 Å². The lowest BCUT2D eigenvalue weighted by Crippen LogP contribution is -1.91. The van der Waals surface area contributed by atoms with Crippen molar-refractivity contribution >= 4 is 26.8 Å². The normalized spacial score (nSPS) is 11.2. The van der Waals surface area contributed by atoms with Crippen molar-refractivity contribution in [2.75, 3.05) is 0 Å². The summed E-state index contributed by atoms with van der Waals surface area (Å²) in [6.45, 7) is 6.50. The Morgan fingerprint density at radius 1 is 1.07 bits per heavy atom. The highest BCUT2D eigenvalue weighted by molar-refractivity contribution is 9.10. The van der Waals surface area contributed by atoms with E-state index in [2.05, 4.69) is 60.4 Å². The molecule has 0 atom stereocenters. The van der Waals surface area contributed by atoms with Crippen molar-refractivity contribution in [3.8, 4) is 0 Å². The first-order valence-electron chi connectivity index (χ1n) is 4.74. The summed E-state index contributed by atoms with van der Waals surface area (Å²) in [6, 6.07) is 4.40. The van der Waals surface area contributed by atoms with Crippen molar-refractivity contribution < 1.29 is 0 Å². The molecule has 1 aromatic heterocycles. The van der Waals surface area contributed by atoms with Crippen LogP contribution in [0.25, 0.3) is 10.9 Å². The van der Waals surface area contributed by atoms with E-state index in [1.54, 1.807) is 0 Å². The highest BCUT2D eigenvalue weighted by Gasteiger charge is 2.11. The molecule has 0 bridgehead atoms. The maximum Gasteiger partial charge on any atom is 0.0884 e. The predicted molar refractivity (Wildman–Crippen MR) is 64.8 cm³/mol. The zero-order valence-corrected chi connectivity index (χ0v) is 10.6. The fraction of sp³-hybridized carbons (Fsp3) is 0.333. The molecule has 0 aliphatic rings. The fourth-order valence-electron chi connectivity index (χ4n) is 2.00. The summed E-state index contributed by atoms with van der Waals surface area (Å²) in [5.74, 6) is 0. The van der Waals surface area contributed by atoms with Crippen LogP contribution in [0.3, 0.4) is 0 Å². The van der Waals surface area contributed by atoms with Crippen molar-refractivity contribution in [2.45, 2.75) is 20.8 Å². The third-order valence-electron chi connectivity index (χ3n) is 3.05. The van der Waals surface area contributed by atoms with Gasteiger partial charge in [0.1, 0.15) is 0 Å². The second-order valence-corrected chi connectivity index (χ2v) is 4.63. The van der Waals surface area contributed by atoms with Gasteiger partial charge in [-0.05, 0) is 53.4 Å². The summed E-state index contributed by atoms with van der Waals surface area (Å²) in [6.07, 6.45) is 0. The van der Waals surface area contributed by atoms with E-state index in [-0.39, 0.29) is 0 Å². The lowest BCUT2D eigenvalue weighted by Gasteiger charge is -2.04. The number of aromatic nitrogens is 1. The number of halogens is 1. The predicted octanol–water partition coefficient (Wildman–Crippen LogP) is 3.87. The van der Waals surface area contributed by atoms with Crippen LogP contribution in [0.4, 0.5) is 0 Å². The zero-order valence-electron chi connectivity index (χ0n) is 8.98. The standard InChI is InChI=1S/C12H14BrN/c1-7-5-6-10-9(3)12(13)14(4)11(10)8(7)2/h5-6H,1-4H3. The van der Waals surface area contributed by atoms with E-state index in [4.69, 9.17) is 0 Å². The van der Waals surface area contributed by atoms with Crippen LogP contribution in [0.1, 0.15) is 16.7 Å². The van der Waals surface area contributed by atoms with Gasteiger partial charge in [-0.15, -0.1) is 0 Å². The monoisotopic (exact) mass is 251 g/mol. The van der Waals surface area contributed by atoms with E-state index in [9.17, 15) is 0 Å². The van der Waals surface area contributed by atoms with Crippen LogP contribution in [0.15, 0.2) is 16.7 Å². The zero-order chi connectivity index (χ0) is 10.5. The fourth-order valence-corrected chi connectivity index (χ4v) is 2.39. The second-order valence-electron chi connectivity index (χ2n) is 3.88. The molecule has 0 amide bonds. The molecule has 1 nitrogen and oxygen atoms in total. The first kappa shape index (κ1) is 9.78. The number of benzene rings is 1. The third kappa shape index (κ3) is 1.13. The van der Waals surface area contributed by atoms with E-state index in [0.717, 1.165) is 0 Å². The molecule has 2 heteroatoms. The number of aryl methyl sites for hydroxylation is 4. The molecule has 2 rings (SSSR count). The third-order valence-corrected chi connectivity index (χ3v) is 4.17. The van der Waals surface area contributed by atoms with Crippen LogP contribution in [-0.2, 0) is 7.05 Å². The van der Waals surface area contributed by atoms with Gasteiger partial charge in [0.15, 0.2) is 0 Å². The van der Waals surface area contributed by atoms with Crippen molar-refractivity contribution in [1.82, 2.24) is 4.57 Å². The Balaban J connectivity index is 3.03. The van der Waals surface area contributed by atoms with E-state index < -0.39 is 0 Å². The highest BCUT2D eigenvalue weighted by Crippen LogP contribution is 2.31. The molecule has 0 aliphatic heterocycles. The van der Waals surface area contributed by atoms with E-state index in [1.807, 2.05) is 0 Å². The number of hydrogen-bond acceptors (Lipinski definition) is 0. The van der Waals surface area contributed by atoms with Gasteiger partial charge in [-0.25, -0.2) is 0 Å². The Labute approximate surface area is 92.9 Å². The van der Waals surface area contributed by atoms with E-state index in [1.165, 1.54) is 32.2 Å². The Morgan fingerprint density at radius 2 is 1.71 bits per heavy atom. The van der Waals surface area contributed by atoms with Crippen LogP contribution < -0.4 is 0 Å². The minimum atomic E-state index is 1.18. The molecule has 0 saturated carbocycles. The summed E-state index contributed by atoms with van der Waals surface area (Å²) in [4.78, 5) is 0. The Morgan fingerprint density at radius 3 is 2.36 bits per heavy atom. The SMILES string of the molecule is Cc1ccc2c(C)c(Br)n(C)c2c1C. The van der Waals surface area contributed by atoms with Crippen LogP contribution in [-0.4, -0.2) is 4.57 Å². The van der Waals surface area contributed by atoms with Crippen molar-refractivity contribution in [2.24, 2.45) is 7.05 Å². The van der Waals surface area contributed by atoms with Gasteiger partial charge in [0.25, 0.3) is 0 Å². The number of hydrogen-bond donors (Lipinski definition) is 0. The van der Waals surface area contributed by atoms with Crippen molar-refractivity contribution in [1.29, 1.82) is 0 Å². The smallest absolute Gasteiger partial charge is 0.0884 e. The lowest BCUT2D eigenvalue weighted by atomic mass is 10.1. The minimum Gasteiger partial charge on any atom is -0.338 e. The molecule has 74 valence electrons. The second kappa shape index (κ2) is 3.13. The molecule has 0 spiro atoms. The van der Waals surface area contributed by atoms with Crippen LogP contribution in [0, 0.1) is 20.8 Å². The summed E-state index contributed by atoms with van der Waals surface area (Å²) in [7, 11) is 2.10. The van der Waals surface area contributed by atoms with Crippen molar-refractivity contribution in [3.05, 3.63) is 33.4 Å². The largest absolute Gasteiger partial charge is 0.338 e. The number of fused-ring (bicyclic) bond motifs is 1.